The maximum Gasteiger partial charge on any atom is 0.231 e. The maximum absolute atomic E-state index is 5.38. The Morgan fingerprint density at radius 2 is 1.90 bits per heavy atom. The summed E-state index contributed by atoms with van der Waals surface area (Å²) < 4.78 is 5.45. The van der Waals surface area contributed by atoms with Crippen LogP contribution in [0.1, 0.15) is 27.7 Å². The second-order valence-corrected chi connectivity index (χ2v) is 7.38. The minimum Gasteiger partial charge on any atom is -0.378 e. The first-order valence-electron chi connectivity index (χ1n) is 6.99. The lowest BCUT2D eigenvalue weighted by Gasteiger charge is -2.27. The third kappa shape index (κ3) is 4.49. The minimum absolute atomic E-state index is 0.0765. The van der Waals surface area contributed by atoms with Crippen LogP contribution in [0.3, 0.4) is 0 Å². The van der Waals surface area contributed by atoms with E-state index in [1.54, 1.807) is 11.8 Å². The van der Waals surface area contributed by atoms with E-state index < -0.39 is 0 Å². The van der Waals surface area contributed by atoms with Gasteiger partial charge in [0.15, 0.2) is 5.16 Å². The fraction of sp³-hybridized carbons (Fsp3) is 0.769. The molecule has 0 spiro atoms. The monoisotopic (exact) mass is 297 g/mol. The second-order valence-electron chi connectivity index (χ2n) is 5.59. The van der Waals surface area contributed by atoms with Crippen molar-refractivity contribution < 1.29 is 4.74 Å². The fourth-order valence-electron chi connectivity index (χ4n) is 1.81. The van der Waals surface area contributed by atoms with Gasteiger partial charge in [0, 0.05) is 24.4 Å². The van der Waals surface area contributed by atoms with E-state index in [1.165, 1.54) is 0 Å². The average molecular weight is 297 g/mol. The highest BCUT2D eigenvalue weighted by atomic mass is 32.2. The molecule has 0 aliphatic carbocycles. The highest BCUT2D eigenvalue weighted by Crippen LogP contribution is 2.30. The number of nitrogens with one attached hydrogen (secondary N) is 1. The van der Waals surface area contributed by atoms with Crippen LogP contribution in [-0.4, -0.2) is 52.5 Å². The van der Waals surface area contributed by atoms with Crippen molar-refractivity contribution in [1.82, 2.24) is 15.0 Å². The van der Waals surface area contributed by atoms with E-state index in [-0.39, 0.29) is 4.75 Å². The third-order valence-electron chi connectivity index (χ3n) is 2.63. The molecule has 0 atom stereocenters. The molecule has 0 radical (unpaired) electrons. The van der Waals surface area contributed by atoms with Crippen LogP contribution in [0.15, 0.2) is 5.16 Å². The standard InChI is InChI=1S/C13H23N5OS/c1-5-14-10-15-11(18-6-8-19-9-7-18)17-12(16-10)20-13(2,3)4/h5-9H2,1-4H3,(H,14,15,16,17). The van der Waals surface area contributed by atoms with Crippen molar-refractivity contribution in [2.45, 2.75) is 37.6 Å². The molecular formula is C13H23N5OS. The van der Waals surface area contributed by atoms with Crippen LogP contribution in [0.5, 0.6) is 0 Å². The molecule has 0 amide bonds. The number of hydrogen-bond donors (Lipinski definition) is 1. The summed E-state index contributed by atoms with van der Waals surface area (Å²) in [7, 11) is 0. The predicted molar refractivity (Wildman–Crippen MR) is 82.6 cm³/mol. The average Bonchev–Trinajstić information content (AvgIpc) is 2.38. The Labute approximate surface area is 124 Å². The quantitative estimate of drug-likeness (QED) is 0.853. The predicted octanol–water partition coefficient (Wildman–Crippen LogP) is 2.03. The molecule has 1 N–H and O–H groups in total. The number of nitrogens with zero attached hydrogens (tertiary/aromatic N) is 4. The third-order valence-corrected chi connectivity index (χ3v) is 3.61. The van der Waals surface area contributed by atoms with Crippen molar-refractivity contribution in [2.24, 2.45) is 0 Å². The molecule has 7 heteroatoms. The SMILES string of the molecule is CCNc1nc(SC(C)(C)C)nc(N2CCOCC2)n1. The van der Waals surface area contributed by atoms with Crippen LogP contribution in [0, 0.1) is 0 Å². The molecule has 1 aromatic heterocycles. The largest absolute Gasteiger partial charge is 0.378 e. The summed E-state index contributed by atoms with van der Waals surface area (Å²) in [4.78, 5) is 15.7. The summed E-state index contributed by atoms with van der Waals surface area (Å²) in [6, 6.07) is 0. The molecule has 0 saturated carbocycles. The van der Waals surface area contributed by atoms with Crippen LogP contribution >= 0.6 is 11.8 Å². The molecule has 2 heterocycles. The molecule has 1 aliphatic rings. The summed E-state index contributed by atoms with van der Waals surface area (Å²) in [6.45, 7) is 12.4. The highest BCUT2D eigenvalue weighted by molar-refractivity contribution is 8.00. The summed E-state index contributed by atoms with van der Waals surface area (Å²) in [5, 5.41) is 3.95. The molecule has 1 saturated heterocycles. The number of rotatable bonds is 4. The van der Waals surface area contributed by atoms with E-state index in [0.717, 1.165) is 44.0 Å². The summed E-state index contributed by atoms with van der Waals surface area (Å²) in [5.74, 6) is 1.39. The zero-order valence-corrected chi connectivity index (χ0v) is 13.5. The molecule has 1 aliphatic heterocycles. The Morgan fingerprint density at radius 1 is 1.20 bits per heavy atom. The number of hydrogen-bond acceptors (Lipinski definition) is 7. The van der Waals surface area contributed by atoms with E-state index >= 15 is 0 Å². The van der Waals surface area contributed by atoms with Gasteiger partial charge in [0.25, 0.3) is 0 Å². The van der Waals surface area contributed by atoms with Gasteiger partial charge < -0.3 is 15.0 Å². The lowest BCUT2D eigenvalue weighted by molar-refractivity contribution is 0.122. The van der Waals surface area contributed by atoms with Gasteiger partial charge in [-0.15, -0.1) is 0 Å². The first kappa shape index (κ1) is 15.3. The van der Waals surface area contributed by atoms with Gasteiger partial charge in [-0.25, -0.2) is 0 Å². The zero-order valence-electron chi connectivity index (χ0n) is 12.6. The minimum atomic E-state index is 0.0765. The van der Waals surface area contributed by atoms with Crippen molar-refractivity contribution in [3.05, 3.63) is 0 Å². The van der Waals surface area contributed by atoms with Crippen molar-refractivity contribution in [3.8, 4) is 0 Å². The summed E-state index contributed by atoms with van der Waals surface area (Å²) in [6.07, 6.45) is 0. The van der Waals surface area contributed by atoms with Crippen molar-refractivity contribution in [1.29, 1.82) is 0 Å². The molecule has 1 fully saturated rings. The van der Waals surface area contributed by atoms with Crippen molar-refractivity contribution in [2.75, 3.05) is 43.1 Å². The molecule has 20 heavy (non-hydrogen) atoms. The van der Waals surface area contributed by atoms with Gasteiger partial charge in [-0.1, -0.05) is 32.5 Å². The zero-order chi connectivity index (χ0) is 14.6. The van der Waals surface area contributed by atoms with Crippen molar-refractivity contribution >= 4 is 23.7 Å². The van der Waals surface area contributed by atoms with E-state index in [0.29, 0.717) is 5.95 Å². The maximum atomic E-state index is 5.38. The Bertz CT molecular complexity index is 443. The van der Waals surface area contributed by atoms with Gasteiger partial charge in [-0.05, 0) is 6.92 Å². The molecule has 0 unspecified atom stereocenters. The van der Waals surface area contributed by atoms with Crippen LogP contribution in [-0.2, 0) is 4.74 Å². The van der Waals surface area contributed by atoms with Crippen LogP contribution < -0.4 is 10.2 Å². The molecule has 112 valence electrons. The number of ether oxygens (including phenoxy) is 1. The molecule has 0 aromatic carbocycles. The van der Waals surface area contributed by atoms with Gasteiger partial charge >= 0.3 is 0 Å². The Morgan fingerprint density at radius 3 is 2.50 bits per heavy atom. The van der Waals surface area contributed by atoms with Gasteiger partial charge in [0.2, 0.25) is 11.9 Å². The van der Waals surface area contributed by atoms with Crippen LogP contribution in [0.4, 0.5) is 11.9 Å². The van der Waals surface area contributed by atoms with Gasteiger partial charge in [0.1, 0.15) is 0 Å². The lowest BCUT2D eigenvalue weighted by atomic mass is 10.3. The fourth-order valence-corrected chi connectivity index (χ4v) is 2.61. The molecular weight excluding hydrogens is 274 g/mol. The summed E-state index contributed by atoms with van der Waals surface area (Å²) >= 11 is 1.66. The van der Waals surface area contributed by atoms with Crippen LogP contribution in [0.25, 0.3) is 0 Å². The van der Waals surface area contributed by atoms with E-state index in [2.05, 4.69) is 45.9 Å². The number of morpholine rings is 1. The molecule has 2 rings (SSSR count). The first-order valence-corrected chi connectivity index (χ1v) is 7.81. The normalized spacial score (nSPS) is 16.3. The van der Waals surface area contributed by atoms with Crippen LogP contribution in [0.2, 0.25) is 0 Å². The van der Waals surface area contributed by atoms with Gasteiger partial charge in [-0.3, -0.25) is 0 Å². The van der Waals surface area contributed by atoms with Gasteiger partial charge in [0.05, 0.1) is 13.2 Å². The Balaban J connectivity index is 2.25. The van der Waals surface area contributed by atoms with Gasteiger partial charge in [-0.2, -0.15) is 15.0 Å². The molecule has 6 nitrogen and oxygen atoms in total. The van der Waals surface area contributed by atoms with E-state index in [1.807, 2.05) is 6.92 Å². The number of aromatic nitrogens is 3. The first-order chi connectivity index (χ1) is 9.48. The molecule has 1 aromatic rings. The van der Waals surface area contributed by atoms with E-state index in [9.17, 15) is 0 Å². The van der Waals surface area contributed by atoms with E-state index in [4.69, 9.17) is 4.74 Å². The second kappa shape index (κ2) is 6.58. The lowest BCUT2D eigenvalue weighted by Crippen LogP contribution is -2.37. The number of thioether (sulfide) groups is 1. The Kier molecular flexibility index (Phi) is 5.04. The molecule has 0 bridgehead atoms. The number of anilines is 2. The smallest absolute Gasteiger partial charge is 0.231 e. The summed E-state index contributed by atoms with van der Waals surface area (Å²) in [5.41, 5.74) is 0. The topological polar surface area (TPSA) is 63.2 Å². The Hall–Kier alpha value is -1.08. The van der Waals surface area contributed by atoms with Crippen molar-refractivity contribution in [3.63, 3.8) is 0 Å². The highest BCUT2D eigenvalue weighted by Gasteiger charge is 2.20.